The summed E-state index contributed by atoms with van der Waals surface area (Å²) in [5.41, 5.74) is 1.30. The van der Waals surface area contributed by atoms with E-state index < -0.39 is 0 Å². The fourth-order valence-electron chi connectivity index (χ4n) is 2.62. The molecule has 1 aliphatic carbocycles. The number of benzene rings is 1. The molecule has 0 atom stereocenters. The van der Waals surface area contributed by atoms with Crippen LogP contribution in [0.25, 0.3) is 0 Å². The van der Waals surface area contributed by atoms with Crippen molar-refractivity contribution >= 4 is 0 Å². The van der Waals surface area contributed by atoms with Gasteiger partial charge in [0.15, 0.2) is 0 Å². The quantitative estimate of drug-likeness (QED) is 0.698. The summed E-state index contributed by atoms with van der Waals surface area (Å²) in [4.78, 5) is 2.46. The standard InChI is InChI=1S/C15H23NO/c1-3-16(4-2)15(11-8-12-15)17-13-14-9-6-5-7-10-14/h5-7,9-10H,3-4,8,11-13H2,1-2H3. The average molecular weight is 233 g/mol. The summed E-state index contributed by atoms with van der Waals surface area (Å²) in [5, 5.41) is 0. The van der Waals surface area contributed by atoms with Crippen molar-refractivity contribution in [3.63, 3.8) is 0 Å². The summed E-state index contributed by atoms with van der Waals surface area (Å²) < 4.78 is 6.22. The fourth-order valence-corrected chi connectivity index (χ4v) is 2.62. The van der Waals surface area contributed by atoms with Gasteiger partial charge in [-0.1, -0.05) is 44.2 Å². The van der Waals surface area contributed by atoms with Gasteiger partial charge in [0.1, 0.15) is 5.72 Å². The summed E-state index contributed by atoms with van der Waals surface area (Å²) in [6.45, 7) is 7.32. The van der Waals surface area contributed by atoms with E-state index in [2.05, 4.69) is 43.0 Å². The van der Waals surface area contributed by atoms with Crippen molar-refractivity contribution in [3.05, 3.63) is 35.9 Å². The van der Waals surface area contributed by atoms with E-state index in [-0.39, 0.29) is 5.72 Å². The van der Waals surface area contributed by atoms with Gasteiger partial charge in [-0.2, -0.15) is 0 Å². The molecule has 0 saturated heterocycles. The van der Waals surface area contributed by atoms with Crippen molar-refractivity contribution in [2.75, 3.05) is 13.1 Å². The van der Waals surface area contributed by atoms with Gasteiger partial charge >= 0.3 is 0 Å². The molecule has 0 heterocycles. The van der Waals surface area contributed by atoms with Crippen LogP contribution in [-0.2, 0) is 11.3 Å². The zero-order valence-corrected chi connectivity index (χ0v) is 11.0. The molecule has 0 radical (unpaired) electrons. The third kappa shape index (κ3) is 2.70. The van der Waals surface area contributed by atoms with E-state index in [0.29, 0.717) is 0 Å². The summed E-state index contributed by atoms with van der Waals surface area (Å²) >= 11 is 0. The first-order valence-electron chi connectivity index (χ1n) is 6.73. The van der Waals surface area contributed by atoms with Crippen molar-refractivity contribution in [2.24, 2.45) is 0 Å². The van der Waals surface area contributed by atoms with Gasteiger partial charge in [-0.05, 0) is 37.9 Å². The third-order valence-corrected chi connectivity index (χ3v) is 3.82. The lowest BCUT2D eigenvalue weighted by molar-refractivity contribution is -0.207. The molecule has 0 bridgehead atoms. The van der Waals surface area contributed by atoms with Crippen LogP contribution in [-0.4, -0.2) is 23.7 Å². The molecule has 94 valence electrons. The van der Waals surface area contributed by atoms with E-state index in [4.69, 9.17) is 4.74 Å². The predicted octanol–water partition coefficient (Wildman–Crippen LogP) is 3.43. The van der Waals surface area contributed by atoms with Crippen LogP contribution in [0.4, 0.5) is 0 Å². The molecule has 2 heteroatoms. The second-order valence-corrected chi connectivity index (χ2v) is 4.75. The number of rotatable bonds is 6. The van der Waals surface area contributed by atoms with E-state index >= 15 is 0 Å². The molecule has 1 aliphatic rings. The smallest absolute Gasteiger partial charge is 0.122 e. The highest BCUT2D eigenvalue weighted by Crippen LogP contribution is 2.39. The van der Waals surface area contributed by atoms with E-state index in [9.17, 15) is 0 Å². The lowest BCUT2D eigenvalue weighted by Crippen LogP contribution is -2.55. The van der Waals surface area contributed by atoms with Gasteiger partial charge < -0.3 is 4.74 Å². The van der Waals surface area contributed by atoms with Gasteiger partial charge in [-0.25, -0.2) is 0 Å². The fraction of sp³-hybridized carbons (Fsp3) is 0.600. The van der Waals surface area contributed by atoms with Crippen LogP contribution in [0.5, 0.6) is 0 Å². The molecule has 2 nitrogen and oxygen atoms in total. The van der Waals surface area contributed by atoms with Crippen molar-refractivity contribution in [1.29, 1.82) is 0 Å². The van der Waals surface area contributed by atoms with Gasteiger partial charge in [0.05, 0.1) is 6.61 Å². The first-order chi connectivity index (χ1) is 8.30. The molecule has 0 unspecified atom stereocenters. The maximum absolute atomic E-state index is 6.22. The Hall–Kier alpha value is -0.860. The van der Waals surface area contributed by atoms with Gasteiger partial charge in [0.2, 0.25) is 0 Å². The summed E-state index contributed by atoms with van der Waals surface area (Å²) in [5.74, 6) is 0. The second kappa shape index (κ2) is 5.65. The highest BCUT2D eigenvalue weighted by atomic mass is 16.5. The van der Waals surface area contributed by atoms with Gasteiger partial charge in [0.25, 0.3) is 0 Å². The summed E-state index contributed by atoms with van der Waals surface area (Å²) in [6.07, 6.45) is 3.66. The van der Waals surface area contributed by atoms with Crippen LogP contribution >= 0.6 is 0 Å². The Bertz CT molecular complexity index is 328. The molecule has 1 aromatic rings. The molecule has 1 saturated carbocycles. The van der Waals surface area contributed by atoms with Crippen molar-refractivity contribution in [1.82, 2.24) is 4.90 Å². The molecule has 0 aliphatic heterocycles. The Morgan fingerprint density at radius 1 is 1.12 bits per heavy atom. The van der Waals surface area contributed by atoms with Crippen LogP contribution in [0, 0.1) is 0 Å². The molecule has 1 fully saturated rings. The highest BCUT2D eigenvalue weighted by molar-refractivity contribution is 5.13. The maximum Gasteiger partial charge on any atom is 0.122 e. The Kier molecular flexibility index (Phi) is 4.19. The Morgan fingerprint density at radius 3 is 2.24 bits per heavy atom. The van der Waals surface area contributed by atoms with E-state index in [1.165, 1.54) is 24.8 Å². The number of ether oxygens (including phenoxy) is 1. The molecule has 2 rings (SSSR count). The predicted molar refractivity (Wildman–Crippen MR) is 70.7 cm³/mol. The van der Waals surface area contributed by atoms with E-state index in [1.54, 1.807) is 0 Å². The van der Waals surface area contributed by atoms with Crippen LogP contribution in [0.15, 0.2) is 30.3 Å². The molecule has 0 spiro atoms. The lowest BCUT2D eigenvalue weighted by atomic mass is 9.86. The van der Waals surface area contributed by atoms with Crippen LogP contribution in [0.1, 0.15) is 38.7 Å². The van der Waals surface area contributed by atoms with Crippen molar-refractivity contribution in [3.8, 4) is 0 Å². The van der Waals surface area contributed by atoms with Gasteiger partial charge in [-0.3, -0.25) is 4.90 Å². The SMILES string of the molecule is CCN(CC)C1(OCc2ccccc2)CCC1. The van der Waals surface area contributed by atoms with Gasteiger partial charge in [0, 0.05) is 0 Å². The molecule has 0 amide bonds. The summed E-state index contributed by atoms with van der Waals surface area (Å²) in [6, 6.07) is 10.5. The Labute approximate surface area is 105 Å². The minimum absolute atomic E-state index is 0.0271. The molecular weight excluding hydrogens is 210 g/mol. The molecular formula is C15H23NO. The normalized spacial score (nSPS) is 18.1. The van der Waals surface area contributed by atoms with Gasteiger partial charge in [-0.15, -0.1) is 0 Å². The molecule has 17 heavy (non-hydrogen) atoms. The largest absolute Gasteiger partial charge is 0.356 e. The molecule has 1 aromatic carbocycles. The van der Waals surface area contributed by atoms with E-state index in [0.717, 1.165) is 19.7 Å². The zero-order valence-electron chi connectivity index (χ0n) is 11.0. The van der Waals surface area contributed by atoms with Crippen molar-refractivity contribution < 1.29 is 4.74 Å². The number of nitrogens with zero attached hydrogens (tertiary/aromatic N) is 1. The maximum atomic E-state index is 6.22. The Morgan fingerprint density at radius 2 is 1.76 bits per heavy atom. The molecule has 0 N–H and O–H groups in total. The lowest BCUT2D eigenvalue weighted by Gasteiger charge is -2.49. The second-order valence-electron chi connectivity index (χ2n) is 4.75. The average Bonchev–Trinajstić information content (AvgIpc) is 2.33. The monoisotopic (exact) mass is 233 g/mol. The molecule has 0 aromatic heterocycles. The minimum atomic E-state index is 0.0271. The number of hydrogen-bond donors (Lipinski definition) is 0. The first kappa shape index (κ1) is 12.6. The summed E-state index contributed by atoms with van der Waals surface area (Å²) in [7, 11) is 0. The first-order valence-corrected chi connectivity index (χ1v) is 6.73. The minimum Gasteiger partial charge on any atom is -0.356 e. The number of hydrogen-bond acceptors (Lipinski definition) is 2. The van der Waals surface area contributed by atoms with Crippen LogP contribution in [0.2, 0.25) is 0 Å². The Balaban J connectivity index is 1.96. The topological polar surface area (TPSA) is 12.5 Å². The highest BCUT2D eigenvalue weighted by Gasteiger charge is 2.42. The van der Waals surface area contributed by atoms with E-state index in [1.807, 2.05) is 6.07 Å². The zero-order chi connectivity index (χ0) is 12.1. The van der Waals surface area contributed by atoms with Crippen molar-refractivity contribution in [2.45, 2.75) is 45.4 Å². The van der Waals surface area contributed by atoms with Crippen LogP contribution in [0.3, 0.4) is 0 Å². The third-order valence-electron chi connectivity index (χ3n) is 3.82. The van der Waals surface area contributed by atoms with Crippen LogP contribution < -0.4 is 0 Å².